The Hall–Kier alpha value is -2.43. The lowest BCUT2D eigenvalue weighted by Gasteiger charge is -2.14. The van der Waals surface area contributed by atoms with Gasteiger partial charge < -0.3 is 5.32 Å². The maximum absolute atomic E-state index is 4.39. The quantitative estimate of drug-likeness (QED) is 0.779. The van der Waals surface area contributed by atoms with Gasteiger partial charge in [-0.05, 0) is 31.5 Å². The van der Waals surface area contributed by atoms with Crippen LogP contribution in [-0.2, 0) is 0 Å². The first-order valence-corrected chi connectivity index (χ1v) is 6.21. The van der Waals surface area contributed by atoms with Crippen molar-refractivity contribution in [3.8, 4) is 0 Å². The lowest BCUT2D eigenvalue weighted by atomic mass is 10.1. The molecule has 0 radical (unpaired) electrons. The molecule has 0 fully saturated rings. The van der Waals surface area contributed by atoms with Gasteiger partial charge in [0.1, 0.15) is 5.52 Å². The second kappa shape index (κ2) is 4.68. The minimum absolute atomic E-state index is 0.141. The first-order chi connectivity index (χ1) is 9.24. The molecule has 3 rings (SSSR count). The first kappa shape index (κ1) is 11.6. The number of pyridine rings is 1. The molecule has 5 heteroatoms. The molecule has 3 heterocycles. The van der Waals surface area contributed by atoms with Gasteiger partial charge in [-0.25, -0.2) is 9.50 Å². The SMILES string of the molecule is Cc1cc2c(NC(C)c3cccnc3)nccn2n1. The van der Waals surface area contributed by atoms with Crippen molar-refractivity contribution in [2.45, 2.75) is 19.9 Å². The highest BCUT2D eigenvalue weighted by Crippen LogP contribution is 2.21. The second-order valence-electron chi connectivity index (χ2n) is 4.54. The fraction of sp³-hybridized carbons (Fsp3) is 0.214. The van der Waals surface area contributed by atoms with Crippen molar-refractivity contribution in [3.05, 3.63) is 54.2 Å². The fourth-order valence-electron chi connectivity index (χ4n) is 2.08. The molecule has 3 aromatic rings. The zero-order valence-corrected chi connectivity index (χ0v) is 10.9. The van der Waals surface area contributed by atoms with Crippen LogP contribution in [0, 0.1) is 6.92 Å². The predicted octanol–water partition coefficient (Wildman–Crippen LogP) is 2.61. The van der Waals surface area contributed by atoms with Gasteiger partial charge in [-0.3, -0.25) is 4.98 Å². The molecular formula is C14H15N5. The third kappa shape index (κ3) is 2.27. The monoisotopic (exact) mass is 253 g/mol. The van der Waals surface area contributed by atoms with Gasteiger partial charge >= 0.3 is 0 Å². The molecule has 0 aliphatic rings. The summed E-state index contributed by atoms with van der Waals surface area (Å²) in [5.74, 6) is 0.833. The van der Waals surface area contributed by atoms with E-state index in [1.165, 1.54) is 0 Å². The maximum atomic E-state index is 4.39. The highest BCUT2D eigenvalue weighted by atomic mass is 15.2. The normalized spacial score (nSPS) is 12.5. The van der Waals surface area contributed by atoms with Gasteiger partial charge in [0.2, 0.25) is 0 Å². The molecule has 0 bridgehead atoms. The highest BCUT2D eigenvalue weighted by molar-refractivity contribution is 5.68. The van der Waals surface area contributed by atoms with E-state index in [1.54, 1.807) is 12.4 Å². The molecule has 1 N–H and O–H groups in total. The third-order valence-electron chi connectivity index (χ3n) is 3.05. The van der Waals surface area contributed by atoms with Crippen LogP contribution in [0.4, 0.5) is 5.82 Å². The Balaban J connectivity index is 1.93. The van der Waals surface area contributed by atoms with Crippen molar-refractivity contribution in [2.24, 2.45) is 0 Å². The lowest BCUT2D eigenvalue weighted by molar-refractivity contribution is 0.858. The molecule has 0 amide bonds. The number of anilines is 1. The lowest BCUT2D eigenvalue weighted by Crippen LogP contribution is -2.09. The Morgan fingerprint density at radius 2 is 2.21 bits per heavy atom. The summed E-state index contributed by atoms with van der Waals surface area (Å²) in [4.78, 5) is 8.53. The van der Waals surface area contributed by atoms with E-state index in [-0.39, 0.29) is 6.04 Å². The van der Waals surface area contributed by atoms with Crippen LogP contribution < -0.4 is 5.32 Å². The molecule has 0 aromatic carbocycles. The number of hydrogen-bond donors (Lipinski definition) is 1. The molecule has 5 nitrogen and oxygen atoms in total. The first-order valence-electron chi connectivity index (χ1n) is 6.21. The Labute approximate surface area is 111 Å². The Morgan fingerprint density at radius 1 is 1.32 bits per heavy atom. The molecule has 1 unspecified atom stereocenters. The Morgan fingerprint density at radius 3 is 3.00 bits per heavy atom. The molecule has 3 aromatic heterocycles. The molecule has 0 aliphatic carbocycles. The molecule has 0 aliphatic heterocycles. The van der Waals surface area contributed by atoms with Gasteiger partial charge in [0.25, 0.3) is 0 Å². The molecular weight excluding hydrogens is 238 g/mol. The summed E-state index contributed by atoms with van der Waals surface area (Å²) in [7, 11) is 0. The number of rotatable bonds is 3. The van der Waals surface area contributed by atoms with E-state index in [9.17, 15) is 0 Å². The number of nitrogens with one attached hydrogen (secondary N) is 1. The minimum Gasteiger partial charge on any atom is -0.362 e. The van der Waals surface area contributed by atoms with Gasteiger partial charge in [0.15, 0.2) is 5.82 Å². The molecule has 1 atom stereocenters. The molecule has 0 saturated heterocycles. The Kier molecular flexibility index (Phi) is 2.87. The maximum Gasteiger partial charge on any atom is 0.152 e. The smallest absolute Gasteiger partial charge is 0.152 e. The van der Waals surface area contributed by atoms with Crippen LogP contribution in [0.5, 0.6) is 0 Å². The van der Waals surface area contributed by atoms with Crippen LogP contribution in [0.2, 0.25) is 0 Å². The van der Waals surface area contributed by atoms with E-state index in [2.05, 4.69) is 27.3 Å². The summed E-state index contributed by atoms with van der Waals surface area (Å²) in [5.41, 5.74) is 3.09. The molecule has 0 saturated carbocycles. The fourth-order valence-corrected chi connectivity index (χ4v) is 2.08. The van der Waals surface area contributed by atoms with Crippen molar-refractivity contribution in [2.75, 3.05) is 5.32 Å². The number of nitrogens with zero attached hydrogens (tertiary/aromatic N) is 4. The van der Waals surface area contributed by atoms with Gasteiger partial charge in [-0.15, -0.1) is 0 Å². The number of fused-ring (bicyclic) bond motifs is 1. The zero-order chi connectivity index (χ0) is 13.2. The average Bonchev–Trinajstić information content (AvgIpc) is 2.81. The average molecular weight is 253 g/mol. The van der Waals surface area contributed by atoms with Crippen molar-refractivity contribution in [3.63, 3.8) is 0 Å². The van der Waals surface area contributed by atoms with Crippen molar-refractivity contribution < 1.29 is 0 Å². The summed E-state index contributed by atoms with van der Waals surface area (Å²) < 4.78 is 1.83. The number of aromatic nitrogens is 4. The minimum atomic E-state index is 0.141. The zero-order valence-electron chi connectivity index (χ0n) is 10.9. The van der Waals surface area contributed by atoms with Crippen LogP contribution in [0.3, 0.4) is 0 Å². The van der Waals surface area contributed by atoms with Gasteiger partial charge in [-0.1, -0.05) is 6.07 Å². The van der Waals surface area contributed by atoms with Crippen molar-refractivity contribution in [1.29, 1.82) is 0 Å². The number of aryl methyl sites for hydroxylation is 1. The number of hydrogen-bond acceptors (Lipinski definition) is 4. The van der Waals surface area contributed by atoms with Crippen LogP contribution in [0.25, 0.3) is 5.52 Å². The Bertz CT molecular complexity index is 689. The van der Waals surface area contributed by atoms with E-state index < -0.39 is 0 Å². The van der Waals surface area contributed by atoms with Crippen LogP contribution in [-0.4, -0.2) is 19.6 Å². The van der Waals surface area contributed by atoms with E-state index in [4.69, 9.17) is 0 Å². The topological polar surface area (TPSA) is 55.1 Å². The summed E-state index contributed by atoms with van der Waals surface area (Å²) in [5, 5.41) is 7.78. The summed E-state index contributed by atoms with van der Waals surface area (Å²) >= 11 is 0. The molecule has 0 spiro atoms. The van der Waals surface area contributed by atoms with Gasteiger partial charge in [-0.2, -0.15) is 5.10 Å². The van der Waals surface area contributed by atoms with E-state index in [1.807, 2.05) is 42.0 Å². The van der Waals surface area contributed by atoms with E-state index in [0.717, 1.165) is 22.6 Å². The van der Waals surface area contributed by atoms with Gasteiger partial charge in [0.05, 0.1) is 11.7 Å². The molecule has 19 heavy (non-hydrogen) atoms. The van der Waals surface area contributed by atoms with Crippen LogP contribution >= 0.6 is 0 Å². The second-order valence-corrected chi connectivity index (χ2v) is 4.54. The van der Waals surface area contributed by atoms with Crippen LogP contribution in [0.1, 0.15) is 24.2 Å². The van der Waals surface area contributed by atoms with E-state index in [0.29, 0.717) is 0 Å². The van der Waals surface area contributed by atoms with Crippen LogP contribution in [0.15, 0.2) is 43.0 Å². The summed E-state index contributed by atoms with van der Waals surface area (Å²) in [6.07, 6.45) is 7.23. The van der Waals surface area contributed by atoms with Crippen molar-refractivity contribution in [1.82, 2.24) is 19.6 Å². The van der Waals surface area contributed by atoms with Crippen molar-refractivity contribution >= 4 is 11.3 Å². The molecule has 96 valence electrons. The van der Waals surface area contributed by atoms with Gasteiger partial charge in [0, 0.05) is 24.8 Å². The third-order valence-corrected chi connectivity index (χ3v) is 3.05. The summed E-state index contributed by atoms with van der Waals surface area (Å²) in [6, 6.07) is 6.14. The largest absolute Gasteiger partial charge is 0.362 e. The van der Waals surface area contributed by atoms with E-state index >= 15 is 0 Å². The summed E-state index contributed by atoms with van der Waals surface area (Å²) in [6.45, 7) is 4.06. The predicted molar refractivity (Wildman–Crippen MR) is 74.0 cm³/mol. The standard InChI is InChI=1S/C14H15N5/c1-10-8-13-14(16-6-7-19(13)18-10)17-11(2)12-4-3-5-15-9-12/h3-9,11H,1-2H3,(H,16,17). The highest BCUT2D eigenvalue weighted by Gasteiger charge is 2.10.